The van der Waals surface area contributed by atoms with Gasteiger partial charge in [-0.05, 0) is 29.5 Å². The van der Waals surface area contributed by atoms with Crippen molar-refractivity contribution < 1.29 is 5.11 Å². The second-order valence-corrected chi connectivity index (χ2v) is 7.16. The van der Waals surface area contributed by atoms with Gasteiger partial charge in [0.15, 0.2) is 5.13 Å². The number of aliphatic hydroxyl groups is 1. The van der Waals surface area contributed by atoms with Crippen LogP contribution in [0, 0.1) is 5.92 Å². The fraction of sp³-hybridized carbons (Fsp3) is 0.316. The first kappa shape index (κ1) is 14.7. The van der Waals surface area contributed by atoms with Crippen LogP contribution >= 0.6 is 11.3 Å². The third kappa shape index (κ3) is 2.84. The maximum atomic E-state index is 9.27. The Morgan fingerprint density at radius 1 is 1.09 bits per heavy atom. The Morgan fingerprint density at radius 3 is 2.70 bits per heavy atom. The monoisotopic (exact) mass is 324 g/mol. The van der Waals surface area contributed by atoms with Gasteiger partial charge in [-0.1, -0.05) is 53.8 Å². The number of benzene rings is 2. The molecule has 0 spiro atoms. The number of thiazole rings is 1. The molecule has 1 fully saturated rings. The minimum absolute atomic E-state index is 0.312. The Kier molecular flexibility index (Phi) is 4.02. The Bertz CT molecular complexity index is 800. The van der Waals surface area contributed by atoms with Gasteiger partial charge in [0, 0.05) is 31.5 Å². The number of fused-ring (bicyclic) bond motifs is 1. The maximum absolute atomic E-state index is 9.27. The molecule has 1 saturated heterocycles. The Labute approximate surface area is 140 Å². The number of anilines is 1. The molecule has 4 rings (SSSR count). The molecule has 23 heavy (non-hydrogen) atoms. The predicted molar refractivity (Wildman–Crippen MR) is 97.1 cm³/mol. The van der Waals surface area contributed by atoms with Crippen molar-refractivity contribution in [2.24, 2.45) is 5.92 Å². The minimum atomic E-state index is 0.312. The molecule has 2 heterocycles. The fourth-order valence-electron chi connectivity index (χ4n) is 3.28. The van der Waals surface area contributed by atoms with Crippen molar-refractivity contribution in [3.05, 3.63) is 48.7 Å². The molecular weight excluding hydrogens is 304 g/mol. The zero-order valence-electron chi connectivity index (χ0n) is 13.0. The minimum Gasteiger partial charge on any atom is -0.396 e. The molecule has 118 valence electrons. The first-order valence-corrected chi connectivity index (χ1v) is 8.96. The number of aromatic nitrogens is 1. The van der Waals surface area contributed by atoms with Crippen LogP contribution in [0.4, 0.5) is 5.13 Å². The van der Waals surface area contributed by atoms with Gasteiger partial charge in [0.2, 0.25) is 0 Å². The molecule has 0 atom stereocenters. The molecule has 0 saturated carbocycles. The van der Waals surface area contributed by atoms with Gasteiger partial charge in [-0.15, -0.1) is 0 Å². The molecule has 0 unspecified atom stereocenters. The predicted octanol–water partition coefficient (Wildman–Crippen LogP) is 4.17. The molecule has 0 aliphatic carbocycles. The number of piperidine rings is 1. The van der Waals surface area contributed by atoms with Gasteiger partial charge in [-0.2, -0.15) is 0 Å². The zero-order chi connectivity index (χ0) is 15.6. The number of nitrogens with zero attached hydrogens (tertiary/aromatic N) is 2. The van der Waals surface area contributed by atoms with Crippen molar-refractivity contribution in [1.29, 1.82) is 0 Å². The number of aliphatic hydroxyl groups excluding tert-OH is 1. The quantitative estimate of drug-likeness (QED) is 0.785. The molecule has 1 aliphatic rings. The SMILES string of the molecule is OCC1CCN(c2ncc(-c3cccc4ccccc34)s2)CC1. The van der Waals surface area contributed by atoms with Crippen LogP contribution in [-0.2, 0) is 0 Å². The molecule has 3 nitrogen and oxygen atoms in total. The molecule has 1 aliphatic heterocycles. The summed E-state index contributed by atoms with van der Waals surface area (Å²) in [5.41, 5.74) is 1.26. The summed E-state index contributed by atoms with van der Waals surface area (Å²) in [6.07, 6.45) is 4.11. The van der Waals surface area contributed by atoms with Crippen molar-refractivity contribution in [2.45, 2.75) is 12.8 Å². The highest BCUT2D eigenvalue weighted by Crippen LogP contribution is 2.36. The van der Waals surface area contributed by atoms with Crippen molar-refractivity contribution in [3.63, 3.8) is 0 Å². The summed E-state index contributed by atoms with van der Waals surface area (Å²) in [6.45, 7) is 2.30. The molecule has 0 radical (unpaired) electrons. The number of rotatable bonds is 3. The van der Waals surface area contributed by atoms with E-state index in [0.717, 1.165) is 31.1 Å². The van der Waals surface area contributed by atoms with E-state index in [1.54, 1.807) is 11.3 Å². The average Bonchev–Trinajstić information content (AvgIpc) is 3.11. The standard InChI is InChI=1S/C19H20N2OS/c22-13-14-8-10-21(11-9-14)19-20-12-18(23-19)17-7-3-5-15-4-1-2-6-16(15)17/h1-7,12,14,22H,8-11,13H2. The van der Waals surface area contributed by atoms with Gasteiger partial charge >= 0.3 is 0 Å². The normalized spacial score (nSPS) is 16.1. The number of hydrogen-bond donors (Lipinski definition) is 1. The van der Waals surface area contributed by atoms with Gasteiger partial charge in [0.05, 0.1) is 4.88 Å². The molecule has 1 N–H and O–H groups in total. The van der Waals surface area contributed by atoms with E-state index in [-0.39, 0.29) is 0 Å². The second-order valence-electron chi connectivity index (χ2n) is 6.15. The van der Waals surface area contributed by atoms with E-state index >= 15 is 0 Å². The van der Waals surface area contributed by atoms with E-state index in [0.29, 0.717) is 12.5 Å². The smallest absolute Gasteiger partial charge is 0.185 e. The summed E-state index contributed by atoms with van der Waals surface area (Å²) < 4.78 is 0. The van der Waals surface area contributed by atoms with Gasteiger partial charge in [-0.25, -0.2) is 4.98 Å². The average molecular weight is 324 g/mol. The van der Waals surface area contributed by atoms with Crippen LogP contribution in [-0.4, -0.2) is 29.8 Å². The van der Waals surface area contributed by atoms with Crippen LogP contribution in [0.5, 0.6) is 0 Å². The second kappa shape index (κ2) is 6.30. The summed E-state index contributed by atoms with van der Waals surface area (Å²) in [7, 11) is 0. The Morgan fingerprint density at radius 2 is 1.87 bits per heavy atom. The van der Waals surface area contributed by atoms with E-state index in [1.807, 2.05) is 6.20 Å². The molecule has 4 heteroatoms. The third-order valence-corrected chi connectivity index (χ3v) is 5.78. The molecular formula is C19H20N2OS. The summed E-state index contributed by atoms with van der Waals surface area (Å²) in [6, 6.07) is 14.9. The molecule has 0 amide bonds. The van der Waals surface area contributed by atoms with Crippen molar-refractivity contribution in [3.8, 4) is 10.4 Å². The summed E-state index contributed by atoms with van der Waals surface area (Å²) in [5, 5.41) is 12.9. The van der Waals surface area contributed by atoms with Crippen molar-refractivity contribution in [2.75, 3.05) is 24.6 Å². The topological polar surface area (TPSA) is 36.4 Å². The molecule has 2 aromatic carbocycles. The lowest BCUT2D eigenvalue weighted by atomic mass is 9.98. The lowest BCUT2D eigenvalue weighted by Crippen LogP contribution is -2.34. The van der Waals surface area contributed by atoms with Crippen LogP contribution < -0.4 is 4.90 Å². The van der Waals surface area contributed by atoms with Crippen LogP contribution in [0.25, 0.3) is 21.2 Å². The lowest BCUT2D eigenvalue weighted by molar-refractivity contribution is 0.203. The van der Waals surface area contributed by atoms with E-state index in [9.17, 15) is 5.11 Å². The van der Waals surface area contributed by atoms with Crippen molar-refractivity contribution >= 4 is 27.2 Å². The largest absolute Gasteiger partial charge is 0.396 e. The molecule has 0 bridgehead atoms. The van der Waals surface area contributed by atoms with Gasteiger partial charge in [0.25, 0.3) is 0 Å². The van der Waals surface area contributed by atoms with E-state index in [1.165, 1.54) is 21.2 Å². The highest BCUT2D eigenvalue weighted by Gasteiger charge is 2.21. The first-order chi connectivity index (χ1) is 11.3. The third-order valence-electron chi connectivity index (χ3n) is 4.69. The summed E-state index contributed by atoms with van der Waals surface area (Å²) in [4.78, 5) is 8.23. The van der Waals surface area contributed by atoms with Crippen LogP contribution in [0.2, 0.25) is 0 Å². The highest BCUT2D eigenvalue weighted by atomic mass is 32.1. The Hall–Kier alpha value is -1.91. The van der Waals surface area contributed by atoms with E-state index in [2.05, 4.69) is 52.3 Å². The van der Waals surface area contributed by atoms with Gasteiger partial charge < -0.3 is 10.0 Å². The van der Waals surface area contributed by atoms with Crippen LogP contribution in [0.3, 0.4) is 0 Å². The number of hydrogen-bond acceptors (Lipinski definition) is 4. The highest BCUT2D eigenvalue weighted by molar-refractivity contribution is 7.19. The Balaban J connectivity index is 1.63. The first-order valence-electron chi connectivity index (χ1n) is 8.15. The van der Waals surface area contributed by atoms with Crippen molar-refractivity contribution in [1.82, 2.24) is 4.98 Å². The van der Waals surface area contributed by atoms with Gasteiger partial charge in [-0.3, -0.25) is 0 Å². The van der Waals surface area contributed by atoms with Crippen LogP contribution in [0.15, 0.2) is 48.7 Å². The van der Waals surface area contributed by atoms with E-state index < -0.39 is 0 Å². The molecule has 1 aromatic heterocycles. The summed E-state index contributed by atoms with van der Waals surface area (Å²) in [5.74, 6) is 0.462. The maximum Gasteiger partial charge on any atom is 0.185 e. The summed E-state index contributed by atoms with van der Waals surface area (Å²) >= 11 is 1.77. The van der Waals surface area contributed by atoms with Crippen LogP contribution in [0.1, 0.15) is 12.8 Å². The van der Waals surface area contributed by atoms with Gasteiger partial charge in [0.1, 0.15) is 0 Å². The van der Waals surface area contributed by atoms with E-state index in [4.69, 9.17) is 0 Å². The zero-order valence-corrected chi connectivity index (χ0v) is 13.8. The fourth-order valence-corrected chi connectivity index (χ4v) is 4.29. The lowest BCUT2D eigenvalue weighted by Gasteiger charge is -2.30. The molecule has 3 aromatic rings.